The van der Waals surface area contributed by atoms with Gasteiger partial charge in [-0.15, -0.1) is 0 Å². The minimum absolute atomic E-state index is 0.0113. The number of hydrogen-bond acceptors (Lipinski definition) is 6. The van der Waals surface area contributed by atoms with Gasteiger partial charge in [0.05, 0.1) is 30.7 Å². The predicted octanol–water partition coefficient (Wildman–Crippen LogP) is 2.62. The molecular weight excluding hydrogens is 298 g/mol. The second-order valence-corrected chi connectivity index (χ2v) is 5.07. The van der Waals surface area contributed by atoms with Gasteiger partial charge in [-0.2, -0.15) is 0 Å². The number of rotatable bonds is 2. The van der Waals surface area contributed by atoms with Crippen LogP contribution in [0.5, 0.6) is 11.5 Å². The minimum Gasteiger partial charge on any atom is -0.496 e. The lowest BCUT2D eigenvalue weighted by atomic mass is 9.90. The summed E-state index contributed by atoms with van der Waals surface area (Å²) < 4.78 is 16.2. The number of nitrogens with zero attached hydrogens (tertiary/aromatic N) is 1. The third kappa shape index (κ3) is 1.72. The summed E-state index contributed by atoms with van der Waals surface area (Å²) in [6.07, 6.45) is 1.47. The number of methoxy groups -OCH3 is 2. The minimum atomic E-state index is -0.410. The Morgan fingerprint density at radius 3 is 2.65 bits per heavy atom. The van der Waals surface area contributed by atoms with Gasteiger partial charge in [0.25, 0.3) is 0 Å². The van der Waals surface area contributed by atoms with Crippen molar-refractivity contribution in [1.82, 2.24) is 4.98 Å². The second-order valence-electron chi connectivity index (χ2n) is 5.07. The summed E-state index contributed by atoms with van der Waals surface area (Å²) in [5, 5.41) is 0.469. The van der Waals surface area contributed by atoms with Crippen LogP contribution in [0.25, 0.3) is 11.0 Å². The number of benzene rings is 1. The van der Waals surface area contributed by atoms with Crippen molar-refractivity contribution in [1.29, 1.82) is 0 Å². The highest BCUT2D eigenvalue weighted by Crippen LogP contribution is 2.40. The van der Waals surface area contributed by atoms with E-state index in [9.17, 15) is 9.59 Å². The van der Waals surface area contributed by atoms with Gasteiger partial charge in [-0.3, -0.25) is 14.6 Å². The van der Waals surface area contributed by atoms with Crippen LogP contribution in [-0.2, 0) is 0 Å². The molecule has 1 aromatic carbocycles. The monoisotopic (exact) mass is 309 g/mol. The van der Waals surface area contributed by atoms with Crippen LogP contribution in [0.15, 0.2) is 34.9 Å². The molecule has 4 rings (SSSR count). The molecule has 0 spiro atoms. The summed E-state index contributed by atoms with van der Waals surface area (Å²) in [4.78, 5) is 29.4. The lowest BCUT2D eigenvalue weighted by Gasteiger charge is -2.12. The van der Waals surface area contributed by atoms with E-state index >= 15 is 0 Å². The highest BCUT2D eigenvalue weighted by Gasteiger charge is 2.37. The zero-order valence-electron chi connectivity index (χ0n) is 12.4. The van der Waals surface area contributed by atoms with E-state index in [2.05, 4.69) is 4.98 Å². The Balaban J connectivity index is 2.10. The molecule has 0 radical (unpaired) electrons. The molecule has 2 heterocycles. The molecule has 0 amide bonds. The van der Waals surface area contributed by atoms with Crippen molar-refractivity contribution >= 4 is 22.5 Å². The Morgan fingerprint density at radius 2 is 1.91 bits per heavy atom. The fourth-order valence-corrected chi connectivity index (χ4v) is 2.83. The van der Waals surface area contributed by atoms with Crippen molar-refractivity contribution in [2.24, 2.45) is 0 Å². The van der Waals surface area contributed by atoms with Crippen molar-refractivity contribution in [3.63, 3.8) is 0 Å². The lowest BCUT2D eigenvalue weighted by Crippen LogP contribution is -2.20. The maximum atomic E-state index is 12.8. The van der Waals surface area contributed by atoms with Gasteiger partial charge in [0.15, 0.2) is 11.5 Å². The highest BCUT2D eigenvalue weighted by molar-refractivity contribution is 6.31. The largest absolute Gasteiger partial charge is 0.496 e. The van der Waals surface area contributed by atoms with Crippen LogP contribution in [-0.4, -0.2) is 30.8 Å². The van der Waals surface area contributed by atoms with Crippen molar-refractivity contribution in [2.45, 2.75) is 0 Å². The van der Waals surface area contributed by atoms with E-state index in [0.717, 1.165) is 0 Å². The van der Waals surface area contributed by atoms with Gasteiger partial charge >= 0.3 is 0 Å². The summed E-state index contributed by atoms with van der Waals surface area (Å²) in [6, 6.07) is 6.47. The van der Waals surface area contributed by atoms with E-state index in [-0.39, 0.29) is 28.4 Å². The first kappa shape index (κ1) is 13.5. The van der Waals surface area contributed by atoms with E-state index in [1.165, 1.54) is 20.4 Å². The molecule has 2 aromatic heterocycles. The smallest absolute Gasteiger partial charge is 0.248 e. The number of fused-ring (bicyclic) bond motifs is 4. The number of hydrogen-bond donors (Lipinski definition) is 0. The van der Waals surface area contributed by atoms with E-state index in [4.69, 9.17) is 13.9 Å². The van der Waals surface area contributed by atoms with Crippen LogP contribution >= 0.6 is 0 Å². The summed E-state index contributed by atoms with van der Waals surface area (Å²) in [5.74, 6) is 0.203. The van der Waals surface area contributed by atoms with Gasteiger partial charge in [0, 0.05) is 18.3 Å². The molecule has 1 aliphatic rings. The molecule has 23 heavy (non-hydrogen) atoms. The molecule has 0 atom stereocenters. The standard InChI is InChI=1S/C17H11NO5/c1-21-8-6-10(22-2)12-11(7-8)23-17-13(12)15(19)9-4-3-5-18-14(9)16(17)20/h3-7H,1-2H3. The third-order valence-electron chi connectivity index (χ3n) is 3.88. The zero-order valence-corrected chi connectivity index (χ0v) is 12.4. The Bertz CT molecular complexity index is 986. The molecule has 0 unspecified atom stereocenters. The topological polar surface area (TPSA) is 78.6 Å². The summed E-state index contributed by atoms with van der Waals surface area (Å²) >= 11 is 0. The van der Waals surface area contributed by atoms with E-state index in [0.29, 0.717) is 22.5 Å². The number of ketones is 2. The first-order valence-electron chi connectivity index (χ1n) is 6.88. The van der Waals surface area contributed by atoms with E-state index < -0.39 is 5.78 Å². The zero-order chi connectivity index (χ0) is 16.1. The number of carbonyl (C=O) groups is 2. The Morgan fingerprint density at radius 1 is 1.09 bits per heavy atom. The van der Waals surface area contributed by atoms with Crippen LogP contribution in [0.2, 0.25) is 0 Å². The van der Waals surface area contributed by atoms with Gasteiger partial charge < -0.3 is 13.9 Å². The molecule has 0 fully saturated rings. The van der Waals surface area contributed by atoms with Crippen LogP contribution < -0.4 is 9.47 Å². The van der Waals surface area contributed by atoms with Crippen LogP contribution in [0, 0.1) is 0 Å². The van der Waals surface area contributed by atoms with E-state index in [1.54, 1.807) is 24.3 Å². The van der Waals surface area contributed by atoms with Crippen molar-refractivity contribution in [3.8, 4) is 11.5 Å². The normalized spacial score (nSPS) is 13.0. The molecule has 114 valence electrons. The molecule has 0 N–H and O–H groups in total. The van der Waals surface area contributed by atoms with Gasteiger partial charge in [-0.1, -0.05) is 0 Å². The van der Waals surface area contributed by atoms with Crippen LogP contribution in [0.1, 0.15) is 32.2 Å². The average molecular weight is 309 g/mol. The molecule has 0 saturated heterocycles. The van der Waals surface area contributed by atoms with Crippen LogP contribution in [0.3, 0.4) is 0 Å². The summed E-state index contributed by atoms with van der Waals surface area (Å²) in [6.45, 7) is 0. The maximum absolute atomic E-state index is 12.8. The van der Waals surface area contributed by atoms with Gasteiger partial charge in [-0.05, 0) is 12.1 Å². The summed E-state index contributed by atoms with van der Waals surface area (Å²) in [5.41, 5.74) is 0.950. The molecular formula is C17H11NO5. The number of carbonyl (C=O) groups excluding carboxylic acids is 2. The molecule has 0 saturated carbocycles. The summed E-state index contributed by atoms with van der Waals surface area (Å²) in [7, 11) is 3.00. The lowest BCUT2D eigenvalue weighted by molar-refractivity contribution is 0.0958. The fourth-order valence-electron chi connectivity index (χ4n) is 2.83. The first-order chi connectivity index (χ1) is 11.2. The van der Waals surface area contributed by atoms with Gasteiger partial charge in [0.1, 0.15) is 22.8 Å². The molecule has 6 heteroatoms. The molecule has 0 bridgehead atoms. The number of ether oxygens (including phenoxy) is 2. The van der Waals surface area contributed by atoms with E-state index in [1.807, 2.05) is 0 Å². The SMILES string of the molecule is COc1cc(OC)c2c3c(oc2c1)C(=O)c1ncccc1C3=O. The van der Waals surface area contributed by atoms with Gasteiger partial charge in [0.2, 0.25) is 5.78 Å². The average Bonchev–Trinajstić information content (AvgIpc) is 2.98. The number of pyridine rings is 1. The third-order valence-corrected chi connectivity index (χ3v) is 3.88. The quantitative estimate of drug-likeness (QED) is 0.566. The Hall–Kier alpha value is -3.15. The van der Waals surface area contributed by atoms with Crippen molar-refractivity contribution in [2.75, 3.05) is 14.2 Å². The second kappa shape index (κ2) is 4.67. The molecule has 1 aliphatic carbocycles. The number of aromatic nitrogens is 1. The molecule has 6 nitrogen and oxygen atoms in total. The maximum Gasteiger partial charge on any atom is 0.248 e. The number of furan rings is 1. The highest BCUT2D eigenvalue weighted by atomic mass is 16.5. The predicted molar refractivity (Wildman–Crippen MR) is 80.4 cm³/mol. The van der Waals surface area contributed by atoms with Crippen LogP contribution in [0.4, 0.5) is 0 Å². The van der Waals surface area contributed by atoms with Crippen molar-refractivity contribution < 1.29 is 23.5 Å². The Labute approximate surface area is 130 Å². The Kier molecular flexibility index (Phi) is 2.74. The molecule has 3 aromatic rings. The van der Waals surface area contributed by atoms with Gasteiger partial charge in [-0.25, -0.2) is 0 Å². The molecule has 0 aliphatic heterocycles. The van der Waals surface area contributed by atoms with Crippen molar-refractivity contribution in [3.05, 3.63) is 53.0 Å². The first-order valence-corrected chi connectivity index (χ1v) is 6.88. The fraction of sp³-hybridized carbons (Fsp3) is 0.118.